The van der Waals surface area contributed by atoms with Crippen molar-refractivity contribution in [3.63, 3.8) is 0 Å². The molecule has 0 rings (SSSR count). The number of carbonyl (C=O) groups excluding carboxylic acids is 3. The Morgan fingerprint density at radius 2 is 1.22 bits per heavy atom. The van der Waals surface area contributed by atoms with Crippen molar-refractivity contribution in [1.82, 2.24) is 0 Å². The first-order valence-corrected chi connectivity index (χ1v) is 8.58. The maximum Gasteiger partial charge on any atom is 0.444 e. The summed E-state index contributed by atoms with van der Waals surface area (Å²) in [6.45, 7) is 6.29. The summed E-state index contributed by atoms with van der Waals surface area (Å²) in [7, 11) is -4.42. The molecular formula is C13H23O9P. The summed E-state index contributed by atoms with van der Waals surface area (Å²) < 4.78 is 35.7. The van der Waals surface area contributed by atoms with Gasteiger partial charge in [0.2, 0.25) is 13.6 Å². The second kappa shape index (κ2) is 10.4. The molecule has 0 aliphatic carbocycles. The largest absolute Gasteiger partial charge is 0.457 e. The molecule has 10 heteroatoms. The van der Waals surface area contributed by atoms with E-state index < -0.39 is 50.7 Å². The van der Waals surface area contributed by atoms with Gasteiger partial charge >= 0.3 is 25.2 Å². The molecule has 0 saturated heterocycles. The molecule has 0 saturated carbocycles. The van der Waals surface area contributed by atoms with Crippen LogP contribution in [0.5, 0.6) is 0 Å². The minimum absolute atomic E-state index is 0.0624. The third-order valence-corrected chi connectivity index (χ3v) is 3.75. The Labute approximate surface area is 135 Å². The fourth-order valence-electron chi connectivity index (χ4n) is 0.986. The summed E-state index contributed by atoms with van der Waals surface area (Å²) in [5.41, 5.74) is -1.26. The van der Waals surface area contributed by atoms with E-state index in [-0.39, 0.29) is 6.61 Å². The average Bonchev–Trinajstić information content (AvgIpc) is 2.46. The second-order valence-electron chi connectivity index (χ2n) is 4.93. The van der Waals surface area contributed by atoms with E-state index in [2.05, 4.69) is 14.2 Å². The van der Waals surface area contributed by atoms with Crippen molar-refractivity contribution in [3.8, 4) is 0 Å². The molecule has 9 nitrogen and oxygen atoms in total. The molecule has 0 aromatic heterocycles. The molecule has 0 unspecified atom stereocenters. The minimum Gasteiger partial charge on any atom is -0.457 e. The lowest BCUT2D eigenvalue weighted by atomic mass is 10.2. The maximum atomic E-state index is 12.3. The molecule has 0 spiro atoms. The summed E-state index contributed by atoms with van der Waals surface area (Å²) in [6.07, 6.45) is 0. The highest BCUT2D eigenvalue weighted by Gasteiger charge is 2.38. The second-order valence-corrected chi connectivity index (χ2v) is 6.80. The van der Waals surface area contributed by atoms with E-state index in [1.54, 1.807) is 27.7 Å². The first-order valence-electron chi connectivity index (χ1n) is 7.03. The Morgan fingerprint density at radius 3 is 1.52 bits per heavy atom. The van der Waals surface area contributed by atoms with Crippen molar-refractivity contribution in [1.29, 1.82) is 0 Å². The highest BCUT2D eigenvalue weighted by atomic mass is 31.2. The SMILES string of the molecule is CCOC(=O)P(=O)(OCOC(=O)C(C)C)OCOC(=O)C(C)C. The third kappa shape index (κ3) is 8.11. The van der Waals surface area contributed by atoms with Crippen LogP contribution in [-0.2, 0) is 37.4 Å². The van der Waals surface area contributed by atoms with Crippen LogP contribution in [0.3, 0.4) is 0 Å². The summed E-state index contributed by atoms with van der Waals surface area (Å²) in [5.74, 6) is -2.06. The Bertz CT molecular complexity index is 428. The van der Waals surface area contributed by atoms with Crippen molar-refractivity contribution < 1.29 is 42.2 Å². The standard InChI is InChI=1S/C13H23O9P/c1-6-18-13(16)23(17,21-7-19-11(14)9(2)3)22-8-20-12(15)10(4)5/h9-10H,6-8H2,1-5H3. The molecule has 0 N–H and O–H groups in total. The van der Waals surface area contributed by atoms with Crippen molar-refractivity contribution in [3.05, 3.63) is 0 Å². The van der Waals surface area contributed by atoms with E-state index in [0.717, 1.165) is 0 Å². The first kappa shape index (κ1) is 21.6. The zero-order chi connectivity index (χ0) is 18.0. The molecule has 0 aliphatic heterocycles. The first-order chi connectivity index (χ1) is 10.6. The van der Waals surface area contributed by atoms with Gasteiger partial charge in [0.15, 0.2) is 0 Å². The Balaban J connectivity index is 4.64. The van der Waals surface area contributed by atoms with Gasteiger partial charge in [-0.2, -0.15) is 0 Å². The lowest BCUT2D eigenvalue weighted by molar-refractivity contribution is -0.156. The van der Waals surface area contributed by atoms with Crippen LogP contribution in [0.2, 0.25) is 0 Å². The monoisotopic (exact) mass is 354 g/mol. The van der Waals surface area contributed by atoms with Gasteiger partial charge in [-0.25, -0.2) is 9.36 Å². The van der Waals surface area contributed by atoms with Crippen LogP contribution < -0.4 is 0 Å². The summed E-state index contributed by atoms with van der Waals surface area (Å²) >= 11 is 0. The Kier molecular flexibility index (Phi) is 9.71. The van der Waals surface area contributed by atoms with E-state index in [9.17, 15) is 18.9 Å². The number of rotatable bonds is 10. The van der Waals surface area contributed by atoms with Gasteiger partial charge in [-0.3, -0.25) is 18.6 Å². The van der Waals surface area contributed by atoms with Crippen LogP contribution in [-0.4, -0.2) is 37.8 Å². The number of hydrogen-bond acceptors (Lipinski definition) is 9. The average molecular weight is 354 g/mol. The van der Waals surface area contributed by atoms with Crippen LogP contribution in [0.25, 0.3) is 0 Å². The van der Waals surface area contributed by atoms with Crippen LogP contribution in [0.1, 0.15) is 34.6 Å². The van der Waals surface area contributed by atoms with E-state index in [1.807, 2.05) is 0 Å². The van der Waals surface area contributed by atoms with Crippen molar-refractivity contribution >= 4 is 25.2 Å². The zero-order valence-corrected chi connectivity index (χ0v) is 14.8. The van der Waals surface area contributed by atoms with E-state index in [0.29, 0.717) is 0 Å². The van der Waals surface area contributed by atoms with Gasteiger partial charge in [-0.15, -0.1) is 0 Å². The Morgan fingerprint density at radius 1 is 0.826 bits per heavy atom. The molecule has 0 aromatic carbocycles. The number of esters is 2. The predicted molar refractivity (Wildman–Crippen MR) is 78.4 cm³/mol. The van der Waals surface area contributed by atoms with Gasteiger partial charge in [0.05, 0.1) is 18.4 Å². The molecule has 0 fully saturated rings. The van der Waals surface area contributed by atoms with Crippen LogP contribution in [0, 0.1) is 11.8 Å². The van der Waals surface area contributed by atoms with Gasteiger partial charge in [0, 0.05) is 0 Å². The zero-order valence-electron chi connectivity index (χ0n) is 13.9. The fourth-order valence-corrected chi connectivity index (χ4v) is 1.94. The molecule has 0 aromatic rings. The number of hydrogen-bond donors (Lipinski definition) is 0. The lowest BCUT2D eigenvalue weighted by Crippen LogP contribution is -2.18. The maximum absolute atomic E-state index is 12.3. The predicted octanol–water partition coefficient (Wildman–Crippen LogP) is 2.68. The fraction of sp³-hybridized carbons (Fsp3) is 0.769. The highest BCUT2D eigenvalue weighted by Crippen LogP contribution is 2.50. The summed E-state index contributed by atoms with van der Waals surface area (Å²) in [5, 5.41) is 0. The van der Waals surface area contributed by atoms with Crippen LogP contribution in [0.4, 0.5) is 4.79 Å². The smallest absolute Gasteiger partial charge is 0.444 e. The van der Waals surface area contributed by atoms with Gasteiger partial charge in [-0.05, 0) is 6.92 Å². The summed E-state index contributed by atoms with van der Waals surface area (Å²) in [6, 6.07) is 0. The molecule has 23 heavy (non-hydrogen) atoms. The third-order valence-electron chi connectivity index (χ3n) is 2.28. The van der Waals surface area contributed by atoms with Crippen molar-refractivity contribution in [2.75, 3.05) is 20.2 Å². The van der Waals surface area contributed by atoms with E-state index in [1.165, 1.54) is 6.92 Å². The molecule has 0 heterocycles. The van der Waals surface area contributed by atoms with Crippen molar-refractivity contribution in [2.45, 2.75) is 34.6 Å². The normalized spacial score (nSPS) is 11.4. The Hall–Kier alpha value is -1.44. The molecule has 0 bridgehead atoms. The minimum atomic E-state index is -4.42. The van der Waals surface area contributed by atoms with Gasteiger partial charge < -0.3 is 14.2 Å². The number of carbonyl (C=O) groups is 3. The van der Waals surface area contributed by atoms with E-state index >= 15 is 0 Å². The van der Waals surface area contributed by atoms with E-state index in [4.69, 9.17) is 9.05 Å². The molecule has 0 amide bonds. The summed E-state index contributed by atoms with van der Waals surface area (Å²) in [4.78, 5) is 34.2. The van der Waals surface area contributed by atoms with Gasteiger partial charge in [0.25, 0.3) is 0 Å². The topological polar surface area (TPSA) is 114 Å². The molecule has 0 atom stereocenters. The number of ether oxygens (including phenoxy) is 3. The van der Waals surface area contributed by atoms with Crippen LogP contribution >= 0.6 is 7.60 Å². The molecule has 134 valence electrons. The molecule has 0 aliphatic rings. The highest BCUT2D eigenvalue weighted by molar-refractivity contribution is 7.71. The quantitative estimate of drug-likeness (QED) is 0.253. The van der Waals surface area contributed by atoms with Gasteiger partial charge in [0.1, 0.15) is 0 Å². The van der Waals surface area contributed by atoms with Crippen molar-refractivity contribution in [2.24, 2.45) is 11.8 Å². The van der Waals surface area contributed by atoms with Crippen LogP contribution in [0.15, 0.2) is 0 Å². The van der Waals surface area contributed by atoms with Gasteiger partial charge in [-0.1, -0.05) is 27.7 Å². The lowest BCUT2D eigenvalue weighted by Gasteiger charge is -2.17. The molecule has 0 radical (unpaired) electrons. The molecular weight excluding hydrogens is 331 g/mol.